The maximum atomic E-state index is 12.7. The van der Waals surface area contributed by atoms with Crippen LogP contribution in [0.1, 0.15) is 35.5 Å². The fourth-order valence-electron chi connectivity index (χ4n) is 4.40. The van der Waals surface area contributed by atoms with Crippen molar-refractivity contribution in [3.05, 3.63) is 107 Å². The van der Waals surface area contributed by atoms with Crippen molar-refractivity contribution in [3.63, 3.8) is 0 Å². The lowest BCUT2D eigenvalue weighted by atomic mass is 10.0. The highest BCUT2D eigenvalue weighted by atomic mass is 79.9. The number of nitrogens with one attached hydrogen (secondary N) is 2. The molecule has 2 atom stereocenters. The Labute approximate surface area is 223 Å². The zero-order valence-electron chi connectivity index (χ0n) is 19.6. The molecule has 1 aliphatic rings. The molecule has 0 saturated carbocycles. The van der Waals surface area contributed by atoms with E-state index in [0.717, 1.165) is 38.5 Å². The summed E-state index contributed by atoms with van der Waals surface area (Å²) < 4.78 is 7.38. The van der Waals surface area contributed by atoms with Crippen molar-refractivity contribution < 1.29 is 9.21 Å². The molecular weight excluding hydrogens is 536 g/mol. The Balaban J connectivity index is 1.42. The average molecular weight is 562 g/mol. The van der Waals surface area contributed by atoms with Crippen LogP contribution in [0, 0.1) is 6.92 Å². The van der Waals surface area contributed by atoms with Crippen LogP contribution >= 0.6 is 28.1 Å². The summed E-state index contributed by atoms with van der Waals surface area (Å²) in [5, 5.41) is 6.92. The van der Waals surface area contributed by atoms with E-state index in [2.05, 4.69) is 50.6 Å². The van der Waals surface area contributed by atoms with Gasteiger partial charge in [-0.05, 0) is 73.2 Å². The number of amides is 1. The largest absolute Gasteiger partial charge is 0.459 e. The summed E-state index contributed by atoms with van der Waals surface area (Å²) in [6.07, 6.45) is 2.04. The van der Waals surface area contributed by atoms with Crippen LogP contribution in [0.2, 0.25) is 0 Å². The Kier molecular flexibility index (Phi) is 7.16. The normalized spacial score (nSPS) is 17.2. The molecule has 8 heteroatoms. The van der Waals surface area contributed by atoms with Crippen LogP contribution < -0.4 is 10.6 Å². The summed E-state index contributed by atoms with van der Waals surface area (Å²) >= 11 is 9.37. The number of pyridine rings is 1. The zero-order valence-corrected chi connectivity index (χ0v) is 22.1. The van der Waals surface area contributed by atoms with Gasteiger partial charge in [0.25, 0.3) is 0 Å². The van der Waals surface area contributed by atoms with E-state index >= 15 is 0 Å². The summed E-state index contributed by atoms with van der Waals surface area (Å²) in [5.74, 6) is 1.44. The van der Waals surface area contributed by atoms with E-state index in [1.165, 1.54) is 0 Å². The molecule has 2 N–H and O–H groups in total. The van der Waals surface area contributed by atoms with E-state index < -0.39 is 0 Å². The number of aromatic nitrogens is 1. The summed E-state index contributed by atoms with van der Waals surface area (Å²) in [4.78, 5) is 19.3. The molecule has 6 nitrogen and oxygen atoms in total. The first-order valence-electron chi connectivity index (χ1n) is 11.7. The Morgan fingerprint density at radius 2 is 1.92 bits per heavy atom. The van der Waals surface area contributed by atoms with Gasteiger partial charge in [0.2, 0.25) is 5.91 Å². The quantitative estimate of drug-likeness (QED) is 0.254. The van der Waals surface area contributed by atoms with E-state index in [0.29, 0.717) is 11.7 Å². The minimum absolute atomic E-state index is 0.0762. The lowest BCUT2D eigenvalue weighted by molar-refractivity contribution is -0.116. The van der Waals surface area contributed by atoms with Crippen LogP contribution in [0.15, 0.2) is 93.9 Å². The zero-order chi connectivity index (χ0) is 25.1. The first kappa shape index (κ1) is 24.2. The Morgan fingerprint density at radius 1 is 1.11 bits per heavy atom. The lowest BCUT2D eigenvalue weighted by Crippen LogP contribution is -2.32. The number of para-hydroxylation sites is 1. The first-order valence-corrected chi connectivity index (χ1v) is 12.9. The third kappa shape index (κ3) is 5.20. The van der Waals surface area contributed by atoms with E-state index in [1.54, 1.807) is 6.20 Å². The lowest BCUT2D eigenvalue weighted by Gasteiger charge is -2.25. The van der Waals surface area contributed by atoms with Crippen molar-refractivity contribution in [3.8, 4) is 11.3 Å². The third-order valence-electron chi connectivity index (χ3n) is 6.14. The maximum Gasteiger partial charge on any atom is 0.226 e. The highest BCUT2D eigenvalue weighted by Crippen LogP contribution is 2.41. The van der Waals surface area contributed by atoms with Gasteiger partial charge in [0, 0.05) is 34.9 Å². The van der Waals surface area contributed by atoms with Gasteiger partial charge in [-0.15, -0.1) is 0 Å². The van der Waals surface area contributed by atoms with Crippen molar-refractivity contribution in [2.45, 2.75) is 25.4 Å². The standard InChI is InChI=1S/C28H25BrN4O2S/c1-18-10-11-20(21(29)17-18)23-12-13-24(35-23)27-26(22-9-5-6-15-30-22)32-28(36)33(27)16-14-25(34)31-19-7-3-2-4-8-19/h2-13,15,17,26-27H,14,16H2,1H3,(H,31,34)(H,32,36)/t26-,27-/m0/s1. The number of nitrogens with zero attached hydrogens (tertiary/aromatic N) is 2. The molecule has 4 aromatic rings. The number of hydrogen-bond acceptors (Lipinski definition) is 4. The number of carbonyl (C=O) groups is 1. The first-order chi connectivity index (χ1) is 17.5. The van der Waals surface area contributed by atoms with Gasteiger partial charge >= 0.3 is 0 Å². The van der Waals surface area contributed by atoms with Crippen molar-refractivity contribution in [1.82, 2.24) is 15.2 Å². The molecule has 36 heavy (non-hydrogen) atoms. The van der Waals surface area contributed by atoms with Crippen LogP contribution in [0.4, 0.5) is 5.69 Å². The molecule has 1 aliphatic heterocycles. The number of rotatable bonds is 7. The van der Waals surface area contributed by atoms with E-state index in [4.69, 9.17) is 16.6 Å². The highest BCUT2D eigenvalue weighted by molar-refractivity contribution is 9.10. The van der Waals surface area contributed by atoms with Gasteiger partial charge in [0.15, 0.2) is 5.11 Å². The predicted octanol–water partition coefficient (Wildman–Crippen LogP) is 6.41. The molecule has 182 valence electrons. The Hall–Kier alpha value is -3.49. The van der Waals surface area contributed by atoms with Crippen LogP contribution in [-0.2, 0) is 4.79 Å². The van der Waals surface area contributed by atoms with E-state index in [-0.39, 0.29) is 24.4 Å². The molecule has 2 aromatic carbocycles. The smallest absolute Gasteiger partial charge is 0.226 e. The molecule has 1 amide bonds. The van der Waals surface area contributed by atoms with E-state index in [9.17, 15) is 4.79 Å². The van der Waals surface area contributed by atoms with Gasteiger partial charge < -0.3 is 20.0 Å². The maximum absolute atomic E-state index is 12.7. The number of furan rings is 1. The summed E-state index contributed by atoms with van der Waals surface area (Å²) in [5.41, 5.74) is 3.77. The van der Waals surface area contributed by atoms with Crippen LogP contribution in [0.5, 0.6) is 0 Å². The Bertz CT molecular complexity index is 1380. The van der Waals surface area contributed by atoms with Gasteiger partial charge in [-0.1, -0.05) is 46.3 Å². The summed E-state index contributed by atoms with van der Waals surface area (Å²) in [6, 6.07) is 24.9. The molecule has 3 heterocycles. The van der Waals surface area contributed by atoms with Crippen molar-refractivity contribution in [2.24, 2.45) is 0 Å². The fraction of sp³-hybridized carbons (Fsp3) is 0.179. The monoisotopic (exact) mass is 560 g/mol. The molecule has 2 aromatic heterocycles. The van der Waals surface area contributed by atoms with Crippen LogP contribution in [0.25, 0.3) is 11.3 Å². The van der Waals surface area contributed by atoms with E-state index in [1.807, 2.05) is 71.6 Å². The number of benzene rings is 2. The summed E-state index contributed by atoms with van der Waals surface area (Å²) in [6.45, 7) is 2.49. The summed E-state index contributed by atoms with van der Waals surface area (Å²) in [7, 11) is 0. The number of anilines is 1. The number of carbonyl (C=O) groups excluding carboxylic acids is 1. The molecule has 1 saturated heterocycles. The molecule has 0 unspecified atom stereocenters. The second kappa shape index (κ2) is 10.6. The fourth-order valence-corrected chi connectivity index (χ4v) is 5.42. The highest BCUT2D eigenvalue weighted by Gasteiger charge is 2.41. The van der Waals surface area contributed by atoms with Crippen LogP contribution in [-0.4, -0.2) is 27.4 Å². The number of thiocarbonyl (C=S) groups is 1. The van der Waals surface area contributed by atoms with Gasteiger partial charge in [-0.25, -0.2) is 0 Å². The average Bonchev–Trinajstić information content (AvgIpc) is 3.48. The SMILES string of the molecule is Cc1ccc(-c2ccc([C@H]3[C@H](c4ccccn4)NC(=S)N3CCC(=O)Nc3ccccc3)o2)c(Br)c1. The second-order valence-corrected chi connectivity index (χ2v) is 9.91. The number of halogens is 1. The van der Waals surface area contributed by atoms with Gasteiger partial charge in [-0.3, -0.25) is 9.78 Å². The van der Waals surface area contributed by atoms with Gasteiger partial charge in [0.05, 0.1) is 11.7 Å². The predicted molar refractivity (Wildman–Crippen MR) is 148 cm³/mol. The minimum Gasteiger partial charge on any atom is -0.459 e. The topological polar surface area (TPSA) is 70.4 Å². The van der Waals surface area contributed by atoms with Crippen molar-refractivity contribution >= 4 is 44.9 Å². The molecular formula is C28H25BrN4O2S. The molecule has 0 spiro atoms. The van der Waals surface area contributed by atoms with Crippen molar-refractivity contribution in [1.29, 1.82) is 0 Å². The van der Waals surface area contributed by atoms with Gasteiger partial charge in [0.1, 0.15) is 17.6 Å². The number of aryl methyl sites for hydroxylation is 1. The molecule has 5 rings (SSSR count). The Morgan fingerprint density at radius 3 is 2.67 bits per heavy atom. The molecule has 0 radical (unpaired) electrons. The van der Waals surface area contributed by atoms with Crippen molar-refractivity contribution in [2.75, 3.05) is 11.9 Å². The number of hydrogen-bond donors (Lipinski definition) is 2. The van der Waals surface area contributed by atoms with Crippen LogP contribution in [0.3, 0.4) is 0 Å². The molecule has 0 aliphatic carbocycles. The third-order valence-corrected chi connectivity index (χ3v) is 7.15. The van der Waals surface area contributed by atoms with Gasteiger partial charge in [-0.2, -0.15) is 0 Å². The minimum atomic E-state index is -0.255. The second-order valence-electron chi connectivity index (χ2n) is 8.67. The molecule has 1 fully saturated rings. The molecule has 0 bridgehead atoms.